The molecule has 1 amide bonds. The van der Waals surface area contributed by atoms with Crippen molar-refractivity contribution in [1.82, 2.24) is 19.7 Å². The number of aliphatic carboxylic acids is 1. The molecule has 1 saturated carbocycles. The molecule has 120 valence electrons. The predicted octanol–water partition coefficient (Wildman–Crippen LogP) is 1.59. The summed E-state index contributed by atoms with van der Waals surface area (Å²) in [6.45, 7) is 1.85. The molecule has 1 fully saturated rings. The van der Waals surface area contributed by atoms with Crippen molar-refractivity contribution in [2.75, 3.05) is 6.54 Å². The molecule has 0 spiro atoms. The first kappa shape index (κ1) is 15.2. The highest BCUT2D eigenvalue weighted by Crippen LogP contribution is 2.29. The summed E-state index contributed by atoms with van der Waals surface area (Å²) in [5, 5.41) is 13.2. The van der Waals surface area contributed by atoms with Crippen LogP contribution in [0, 0.1) is 5.92 Å². The zero-order valence-electron chi connectivity index (χ0n) is 12.8. The van der Waals surface area contributed by atoms with E-state index in [2.05, 4.69) is 10.1 Å². The molecule has 0 saturated heterocycles. The van der Waals surface area contributed by atoms with Crippen LogP contribution in [0.1, 0.15) is 30.1 Å². The van der Waals surface area contributed by atoms with E-state index in [0.717, 1.165) is 18.5 Å². The summed E-state index contributed by atoms with van der Waals surface area (Å²) in [6, 6.07) is 7.27. The zero-order valence-corrected chi connectivity index (χ0v) is 12.8. The third-order valence-electron chi connectivity index (χ3n) is 3.92. The van der Waals surface area contributed by atoms with E-state index in [9.17, 15) is 9.59 Å². The van der Waals surface area contributed by atoms with Crippen LogP contribution in [-0.2, 0) is 4.79 Å². The van der Waals surface area contributed by atoms with Gasteiger partial charge >= 0.3 is 5.97 Å². The van der Waals surface area contributed by atoms with E-state index in [1.807, 2.05) is 6.07 Å². The largest absolute Gasteiger partial charge is 0.481 e. The SMILES string of the molecule is CC(CN(C(=O)c1cccc(-n2cncn2)c1)C1CC1)C(=O)O. The normalized spacial score (nSPS) is 15.2. The van der Waals surface area contributed by atoms with Crippen LogP contribution in [-0.4, -0.2) is 49.2 Å². The van der Waals surface area contributed by atoms with Gasteiger partial charge in [0, 0.05) is 18.2 Å². The molecule has 1 unspecified atom stereocenters. The molecular weight excluding hydrogens is 296 g/mol. The van der Waals surface area contributed by atoms with Gasteiger partial charge in [-0.3, -0.25) is 9.59 Å². The molecule has 1 aliphatic carbocycles. The molecule has 2 aromatic rings. The monoisotopic (exact) mass is 314 g/mol. The smallest absolute Gasteiger partial charge is 0.308 e. The second kappa shape index (κ2) is 6.20. The van der Waals surface area contributed by atoms with Gasteiger partial charge in [-0.15, -0.1) is 0 Å². The van der Waals surface area contributed by atoms with Crippen LogP contribution in [0.2, 0.25) is 0 Å². The van der Waals surface area contributed by atoms with Gasteiger partial charge in [-0.1, -0.05) is 13.0 Å². The summed E-state index contributed by atoms with van der Waals surface area (Å²) >= 11 is 0. The minimum Gasteiger partial charge on any atom is -0.481 e. The molecule has 0 bridgehead atoms. The maximum absolute atomic E-state index is 12.8. The lowest BCUT2D eigenvalue weighted by Crippen LogP contribution is -2.38. The van der Waals surface area contributed by atoms with E-state index in [1.165, 1.54) is 6.33 Å². The molecular formula is C16H18N4O3. The summed E-state index contributed by atoms with van der Waals surface area (Å²) in [7, 11) is 0. The van der Waals surface area contributed by atoms with E-state index in [1.54, 1.807) is 41.0 Å². The van der Waals surface area contributed by atoms with Crippen molar-refractivity contribution < 1.29 is 14.7 Å². The number of hydrogen-bond acceptors (Lipinski definition) is 4. The van der Waals surface area contributed by atoms with Crippen molar-refractivity contribution in [2.24, 2.45) is 5.92 Å². The van der Waals surface area contributed by atoms with Crippen molar-refractivity contribution in [3.8, 4) is 5.69 Å². The Bertz CT molecular complexity index is 710. The fraction of sp³-hybridized carbons (Fsp3) is 0.375. The Morgan fingerprint density at radius 2 is 2.22 bits per heavy atom. The summed E-state index contributed by atoms with van der Waals surface area (Å²) < 4.78 is 1.58. The third-order valence-corrected chi connectivity index (χ3v) is 3.92. The van der Waals surface area contributed by atoms with Gasteiger partial charge in [0.2, 0.25) is 0 Å². The number of hydrogen-bond donors (Lipinski definition) is 1. The molecule has 1 heterocycles. The van der Waals surface area contributed by atoms with Crippen LogP contribution < -0.4 is 0 Å². The van der Waals surface area contributed by atoms with Crippen LogP contribution in [0.4, 0.5) is 0 Å². The van der Waals surface area contributed by atoms with Crippen LogP contribution in [0.3, 0.4) is 0 Å². The molecule has 1 aliphatic rings. The maximum atomic E-state index is 12.8. The minimum atomic E-state index is -0.889. The molecule has 1 N–H and O–H groups in total. The lowest BCUT2D eigenvalue weighted by molar-refractivity contribution is -0.141. The molecule has 3 rings (SSSR count). The molecule has 23 heavy (non-hydrogen) atoms. The first-order valence-electron chi connectivity index (χ1n) is 7.55. The third kappa shape index (κ3) is 3.39. The highest BCUT2D eigenvalue weighted by molar-refractivity contribution is 5.95. The van der Waals surface area contributed by atoms with Gasteiger partial charge in [-0.25, -0.2) is 9.67 Å². The second-order valence-corrected chi connectivity index (χ2v) is 5.82. The fourth-order valence-corrected chi connectivity index (χ4v) is 2.45. The lowest BCUT2D eigenvalue weighted by Gasteiger charge is -2.24. The van der Waals surface area contributed by atoms with Crippen LogP contribution in [0.25, 0.3) is 5.69 Å². The van der Waals surface area contributed by atoms with Gasteiger partial charge in [0.15, 0.2) is 0 Å². The van der Waals surface area contributed by atoms with E-state index in [-0.39, 0.29) is 18.5 Å². The highest BCUT2D eigenvalue weighted by Gasteiger charge is 2.35. The zero-order chi connectivity index (χ0) is 16.4. The second-order valence-electron chi connectivity index (χ2n) is 5.82. The van der Waals surface area contributed by atoms with Crippen molar-refractivity contribution in [3.63, 3.8) is 0 Å². The first-order chi connectivity index (χ1) is 11.1. The van der Waals surface area contributed by atoms with Crippen LogP contribution in [0.5, 0.6) is 0 Å². The van der Waals surface area contributed by atoms with E-state index < -0.39 is 11.9 Å². The van der Waals surface area contributed by atoms with E-state index in [4.69, 9.17) is 5.11 Å². The summed E-state index contributed by atoms with van der Waals surface area (Å²) in [4.78, 5) is 29.5. The number of carboxylic acid groups (broad SMARTS) is 1. The molecule has 0 radical (unpaired) electrons. The Morgan fingerprint density at radius 3 is 2.83 bits per heavy atom. The van der Waals surface area contributed by atoms with E-state index >= 15 is 0 Å². The first-order valence-corrected chi connectivity index (χ1v) is 7.55. The Labute approximate surface area is 133 Å². The number of aromatic nitrogens is 3. The number of carbonyl (C=O) groups is 2. The van der Waals surface area contributed by atoms with Gasteiger partial charge in [0.1, 0.15) is 12.7 Å². The average molecular weight is 314 g/mol. The van der Waals surface area contributed by atoms with E-state index in [0.29, 0.717) is 5.56 Å². The topological polar surface area (TPSA) is 88.3 Å². The average Bonchev–Trinajstić information content (AvgIpc) is 3.24. The molecule has 1 aromatic heterocycles. The maximum Gasteiger partial charge on any atom is 0.308 e. The Kier molecular flexibility index (Phi) is 4.10. The van der Waals surface area contributed by atoms with Crippen molar-refractivity contribution >= 4 is 11.9 Å². The molecule has 7 nitrogen and oxygen atoms in total. The minimum absolute atomic E-state index is 0.137. The number of carboxylic acids is 1. The molecule has 1 atom stereocenters. The molecule has 1 aromatic carbocycles. The van der Waals surface area contributed by atoms with Crippen molar-refractivity contribution in [3.05, 3.63) is 42.5 Å². The standard InChI is InChI=1S/C16H18N4O3/c1-11(16(22)23)8-19(13-5-6-13)15(21)12-3-2-4-14(7-12)20-10-17-9-18-20/h2-4,7,9-11,13H,5-6,8H2,1H3,(H,22,23). The lowest BCUT2D eigenvalue weighted by atomic mass is 10.1. The Hall–Kier alpha value is -2.70. The number of nitrogens with zero attached hydrogens (tertiary/aromatic N) is 4. The fourth-order valence-electron chi connectivity index (χ4n) is 2.45. The summed E-state index contributed by atoms with van der Waals surface area (Å²) in [5.41, 5.74) is 1.28. The number of carbonyl (C=O) groups excluding carboxylic acids is 1. The van der Waals surface area contributed by atoms with Gasteiger partial charge in [-0.05, 0) is 31.0 Å². The number of benzene rings is 1. The van der Waals surface area contributed by atoms with Gasteiger partial charge in [0.05, 0.1) is 11.6 Å². The highest BCUT2D eigenvalue weighted by atomic mass is 16.4. The molecule has 0 aliphatic heterocycles. The van der Waals surface area contributed by atoms with Crippen molar-refractivity contribution in [2.45, 2.75) is 25.8 Å². The molecule has 7 heteroatoms. The number of rotatable bonds is 6. The van der Waals surface area contributed by atoms with Gasteiger partial charge in [-0.2, -0.15) is 5.10 Å². The predicted molar refractivity (Wildman–Crippen MR) is 82.2 cm³/mol. The summed E-state index contributed by atoms with van der Waals surface area (Å²) in [5.74, 6) is -1.61. The number of amides is 1. The van der Waals surface area contributed by atoms with Gasteiger partial charge in [0.25, 0.3) is 5.91 Å². The Balaban J connectivity index is 1.83. The summed E-state index contributed by atoms with van der Waals surface area (Å²) in [6.07, 6.45) is 4.86. The quantitative estimate of drug-likeness (QED) is 0.875. The Morgan fingerprint density at radius 1 is 1.43 bits per heavy atom. The van der Waals surface area contributed by atoms with Crippen LogP contribution >= 0.6 is 0 Å². The van der Waals surface area contributed by atoms with Crippen molar-refractivity contribution in [1.29, 1.82) is 0 Å². The van der Waals surface area contributed by atoms with Gasteiger partial charge < -0.3 is 10.0 Å². The van der Waals surface area contributed by atoms with Crippen LogP contribution in [0.15, 0.2) is 36.9 Å².